The molecular weight excluding hydrogens is 266 g/mol. The van der Waals surface area contributed by atoms with Crippen LogP contribution >= 0.6 is 11.3 Å². The number of methoxy groups -OCH3 is 1. The molecule has 7 heteroatoms. The number of carbonyl (C=O) groups excluding carboxylic acids is 1. The first kappa shape index (κ1) is 11.7. The van der Waals surface area contributed by atoms with Crippen LogP contribution in [0, 0.1) is 0 Å². The lowest BCUT2D eigenvalue weighted by molar-refractivity contribution is 0.101. The van der Waals surface area contributed by atoms with Gasteiger partial charge in [-0.05, 0) is 18.2 Å². The molecule has 0 unspecified atom stereocenters. The van der Waals surface area contributed by atoms with Crippen LogP contribution in [-0.4, -0.2) is 23.2 Å². The molecule has 3 rings (SSSR count). The van der Waals surface area contributed by atoms with E-state index < -0.39 is 0 Å². The van der Waals surface area contributed by atoms with Gasteiger partial charge in [0, 0.05) is 6.07 Å². The van der Waals surface area contributed by atoms with Crippen molar-refractivity contribution in [2.75, 3.05) is 12.4 Å². The first-order chi connectivity index (χ1) is 9.26. The zero-order valence-corrected chi connectivity index (χ0v) is 10.7. The monoisotopic (exact) mass is 275 g/mol. The maximum atomic E-state index is 11.8. The van der Waals surface area contributed by atoms with Gasteiger partial charge in [-0.1, -0.05) is 16.5 Å². The van der Waals surface area contributed by atoms with Crippen molar-refractivity contribution in [1.29, 1.82) is 0 Å². The van der Waals surface area contributed by atoms with E-state index in [1.165, 1.54) is 23.7 Å². The number of aromatic nitrogens is 2. The van der Waals surface area contributed by atoms with E-state index in [0.717, 1.165) is 16.0 Å². The average Bonchev–Trinajstić information content (AvgIpc) is 3.06. The zero-order valence-electron chi connectivity index (χ0n) is 9.91. The lowest BCUT2D eigenvalue weighted by Gasteiger charge is -1.96. The van der Waals surface area contributed by atoms with E-state index in [1.807, 2.05) is 18.2 Å². The third-order valence-corrected chi connectivity index (χ3v) is 3.42. The summed E-state index contributed by atoms with van der Waals surface area (Å²) in [6.07, 6.45) is 1.35. The second kappa shape index (κ2) is 4.69. The topological polar surface area (TPSA) is 77.2 Å². The highest BCUT2D eigenvalue weighted by Gasteiger charge is 2.12. The molecule has 0 bridgehead atoms. The molecule has 2 aromatic heterocycles. The minimum atomic E-state index is -0.347. The number of fused-ring (bicyclic) bond motifs is 1. The van der Waals surface area contributed by atoms with Crippen LogP contribution in [-0.2, 0) is 0 Å². The van der Waals surface area contributed by atoms with Gasteiger partial charge < -0.3 is 9.26 Å². The lowest BCUT2D eigenvalue weighted by Crippen LogP contribution is -2.11. The molecule has 96 valence electrons. The molecule has 0 aliphatic heterocycles. The maximum absolute atomic E-state index is 11.8. The van der Waals surface area contributed by atoms with Gasteiger partial charge in [-0.2, -0.15) is 0 Å². The van der Waals surface area contributed by atoms with Crippen molar-refractivity contribution in [3.63, 3.8) is 0 Å². The Morgan fingerprint density at radius 2 is 2.32 bits per heavy atom. The number of ether oxygens (including phenoxy) is 1. The van der Waals surface area contributed by atoms with Crippen molar-refractivity contribution in [1.82, 2.24) is 10.1 Å². The van der Waals surface area contributed by atoms with Crippen LogP contribution in [0.4, 0.5) is 5.13 Å². The highest BCUT2D eigenvalue weighted by Crippen LogP contribution is 2.29. The Hall–Kier alpha value is -2.41. The summed E-state index contributed by atoms with van der Waals surface area (Å²) < 4.78 is 10.7. The van der Waals surface area contributed by atoms with Crippen LogP contribution in [0.15, 0.2) is 35.1 Å². The van der Waals surface area contributed by atoms with Gasteiger partial charge in [-0.3, -0.25) is 10.1 Å². The Kier molecular flexibility index (Phi) is 2.88. The van der Waals surface area contributed by atoms with Crippen LogP contribution in [0.2, 0.25) is 0 Å². The molecule has 3 aromatic rings. The van der Waals surface area contributed by atoms with Gasteiger partial charge in [0.1, 0.15) is 12.0 Å². The van der Waals surface area contributed by atoms with E-state index in [0.29, 0.717) is 5.13 Å². The summed E-state index contributed by atoms with van der Waals surface area (Å²) in [6, 6.07) is 7.03. The average molecular weight is 275 g/mol. The molecule has 1 N–H and O–H groups in total. The van der Waals surface area contributed by atoms with Crippen molar-refractivity contribution < 1.29 is 14.1 Å². The summed E-state index contributed by atoms with van der Waals surface area (Å²) in [5.41, 5.74) is 1.03. The van der Waals surface area contributed by atoms with E-state index in [1.54, 1.807) is 7.11 Å². The third kappa shape index (κ3) is 2.27. The second-order valence-electron chi connectivity index (χ2n) is 3.69. The smallest absolute Gasteiger partial charge is 0.279 e. The summed E-state index contributed by atoms with van der Waals surface area (Å²) in [4.78, 5) is 16.1. The SMILES string of the molecule is COc1ccc2nc(NC(=O)c3ccon3)sc2c1. The lowest BCUT2D eigenvalue weighted by atomic mass is 10.3. The van der Waals surface area contributed by atoms with Gasteiger partial charge in [0.15, 0.2) is 10.8 Å². The van der Waals surface area contributed by atoms with Crippen LogP contribution < -0.4 is 10.1 Å². The second-order valence-corrected chi connectivity index (χ2v) is 4.72. The summed E-state index contributed by atoms with van der Waals surface area (Å²) in [7, 11) is 1.61. The van der Waals surface area contributed by atoms with Gasteiger partial charge in [0.05, 0.1) is 17.3 Å². The molecule has 0 saturated carbocycles. The summed E-state index contributed by atoms with van der Waals surface area (Å²) >= 11 is 1.37. The normalized spacial score (nSPS) is 10.6. The summed E-state index contributed by atoms with van der Waals surface area (Å²) in [5.74, 6) is 0.408. The molecule has 0 fully saturated rings. The molecule has 6 nitrogen and oxygen atoms in total. The molecule has 19 heavy (non-hydrogen) atoms. The van der Waals surface area contributed by atoms with E-state index >= 15 is 0 Å². The Morgan fingerprint density at radius 3 is 3.05 bits per heavy atom. The molecular formula is C12H9N3O3S. The highest BCUT2D eigenvalue weighted by atomic mass is 32.1. The van der Waals surface area contributed by atoms with Crippen LogP contribution in [0.3, 0.4) is 0 Å². The molecule has 2 heterocycles. The van der Waals surface area contributed by atoms with Crippen molar-refractivity contribution in [3.05, 3.63) is 36.2 Å². The van der Waals surface area contributed by atoms with E-state index in [2.05, 4.69) is 20.0 Å². The maximum Gasteiger partial charge on any atom is 0.279 e. The largest absolute Gasteiger partial charge is 0.497 e. The number of hydrogen-bond donors (Lipinski definition) is 1. The van der Waals surface area contributed by atoms with Crippen molar-refractivity contribution >= 4 is 32.6 Å². The van der Waals surface area contributed by atoms with Gasteiger partial charge in [0.2, 0.25) is 0 Å². The molecule has 0 aliphatic rings. The Balaban J connectivity index is 1.87. The van der Waals surface area contributed by atoms with E-state index in [-0.39, 0.29) is 11.6 Å². The fourth-order valence-electron chi connectivity index (χ4n) is 1.58. The molecule has 0 atom stereocenters. The fraction of sp³-hybridized carbons (Fsp3) is 0.0833. The van der Waals surface area contributed by atoms with Crippen LogP contribution in [0.1, 0.15) is 10.5 Å². The zero-order chi connectivity index (χ0) is 13.2. The quantitative estimate of drug-likeness (QED) is 0.794. The van der Waals surface area contributed by atoms with Crippen LogP contribution in [0.25, 0.3) is 10.2 Å². The molecule has 1 amide bonds. The van der Waals surface area contributed by atoms with Crippen molar-refractivity contribution in [3.8, 4) is 5.75 Å². The Morgan fingerprint density at radius 1 is 1.42 bits per heavy atom. The number of carbonyl (C=O) groups is 1. The number of hydrogen-bond acceptors (Lipinski definition) is 6. The van der Waals surface area contributed by atoms with Crippen molar-refractivity contribution in [2.24, 2.45) is 0 Å². The van der Waals surface area contributed by atoms with Crippen LogP contribution in [0.5, 0.6) is 5.75 Å². The number of anilines is 1. The van der Waals surface area contributed by atoms with Crippen molar-refractivity contribution in [2.45, 2.75) is 0 Å². The minimum Gasteiger partial charge on any atom is -0.497 e. The molecule has 0 saturated heterocycles. The van der Waals surface area contributed by atoms with Gasteiger partial charge >= 0.3 is 0 Å². The predicted octanol–water partition coefficient (Wildman–Crippen LogP) is 2.55. The summed E-state index contributed by atoms with van der Waals surface area (Å²) in [6.45, 7) is 0. The molecule has 1 aromatic carbocycles. The fourth-order valence-corrected chi connectivity index (χ4v) is 2.47. The minimum absolute atomic E-state index is 0.219. The highest BCUT2D eigenvalue weighted by molar-refractivity contribution is 7.22. The number of amides is 1. The number of benzene rings is 1. The van der Waals surface area contributed by atoms with E-state index in [9.17, 15) is 4.79 Å². The van der Waals surface area contributed by atoms with Gasteiger partial charge in [-0.15, -0.1) is 0 Å². The predicted molar refractivity (Wildman–Crippen MR) is 70.6 cm³/mol. The first-order valence-electron chi connectivity index (χ1n) is 5.42. The molecule has 0 aliphatic carbocycles. The van der Waals surface area contributed by atoms with Gasteiger partial charge in [-0.25, -0.2) is 4.98 Å². The number of thiazole rings is 1. The number of nitrogens with one attached hydrogen (secondary N) is 1. The first-order valence-corrected chi connectivity index (χ1v) is 6.24. The van der Waals surface area contributed by atoms with Gasteiger partial charge in [0.25, 0.3) is 5.91 Å². The third-order valence-electron chi connectivity index (χ3n) is 2.49. The standard InChI is InChI=1S/C12H9N3O3S/c1-17-7-2-3-8-10(6-7)19-12(13-8)14-11(16)9-4-5-18-15-9/h2-6H,1H3,(H,13,14,16). The number of nitrogens with zero attached hydrogens (tertiary/aromatic N) is 2. The molecule has 0 radical (unpaired) electrons. The van der Waals surface area contributed by atoms with E-state index in [4.69, 9.17) is 4.74 Å². The Labute approximate surface area is 112 Å². The Bertz CT molecular complexity index is 721. The number of rotatable bonds is 3. The summed E-state index contributed by atoms with van der Waals surface area (Å²) in [5, 5.41) is 6.75. The molecule has 0 spiro atoms.